The highest BCUT2D eigenvalue weighted by atomic mass is 35.5. The highest BCUT2D eigenvalue weighted by Gasteiger charge is 2.48. The van der Waals surface area contributed by atoms with Crippen molar-refractivity contribution in [2.45, 2.75) is 32.1 Å². The molecule has 0 bridgehead atoms. The van der Waals surface area contributed by atoms with E-state index in [0.29, 0.717) is 28.4 Å². The van der Waals surface area contributed by atoms with E-state index in [1.54, 1.807) is 6.08 Å². The van der Waals surface area contributed by atoms with Crippen LogP contribution < -0.4 is 5.32 Å². The van der Waals surface area contributed by atoms with E-state index in [9.17, 15) is 19.6 Å². The summed E-state index contributed by atoms with van der Waals surface area (Å²) in [7, 11) is 0. The van der Waals surface area contributed by atoms with Crippen LogP contribution in [0.5, 0.6) is 0 Å². The number of hydrogen-bond acceptors (Lipinski definition) is 5. The first-order chi connectivity index (χ1) is 12.5. The number of hydrogen-bond donors (Lipinski definition) is 1. The molecular weight excluding hydrogens is 374 g/mol. The SMILES string of the molecule is N#Cc1c(NC(=O)CN2C(=O)[C@H]3CC=C(Cl)C[C@H]3C2=O)sc2c1CCC2. The molecule has 134 valence electrons. The van der Waals surface area contributed by atoms with Crippen molar-refractivity contribution < 1.29 is 14.4 Å². The van der Waals surface area contributed by atoms with Gasteiger partial charge < -0.3 is 5.32 Å². The zero-order valence-corrected chi connectivity index (χ0v) is 15.5. The second-order valence-electron chi connectivity index (χ2n) is 6.79. The van der Waals surface area contributed by atoms with Crippen LogP contribution in [-0.4, -0.2) is 29.2 Å². The minimum atomic E-state index is -0.465. The Bertz CT molecular complexity index is 898. The number of halogens is 1. The highest BCUT2D eigenvalue weighted by molar-refractivity contribution is 7.16. The van der Waals surface area contributed by atoms with E-state index in [-0.39, 0.29) is 18.4 Å². The first-order valence-electron chi connectivity index (χ1n) is 8.53. The fourth-order valence-electron chi connectivity index (χ4n) is 3.97. The predicted molar refractivity (Wildman–Crippen MR) is 96.6 cm³/mol. The molecule has 1 saturated heterocycles. The lowest BCUT2D eigenvalue weighted by atomic mass is 9.85. The van der Waals surface area contributed by atoms with Crippen molar-refractivity contribution in [2.75, 3.05) is 11.9 Å². The van der Waals surface area contributed by atoms with Crippen molar-refractivity contribution in [1.82, 2.24) is 4.90 Å². The minimum Gasteiger partial charge on any atom is -0.315 e. The Kier molecular flexibility index (Phi) is 4.33. The van der Waals surface area contributed by atoms with Gasteiger partial charge in [0.15, 0.2) is 0 Å². The van der Waals surface area contributed by atoms with Crippen molar-refractivity contribution in [2.24, 2.45) is 11.8 Å². The fraction of sp³-hybridized carbons (Fsp3) is 0.444. The number of amides is 3. The smallest absolute Gasteiger partial charge is 0.245 e. The summed E-state index contributed by atoms with van der Waals surface area (Å²) < 4.78 is 0. The molecule has 1 N–H and O–H groups in total. The Morgan fingerprint density at radius 2 is 2.12 bits per heavy atom. The lowest BCUT2D eigenvalue weighted by Gasteiger charge is -2.17. The van der Waals surface area contributed by atoms with Gasteiger partial charge in [-0.1, -0.05) is 17.7 Å². The van der Waals surface area contributed by atoms with Crippen LogP contribution in [0.3, 0.4) is 0 Å². The average Bonchev–Trinajstić information content (AvgIpc) is 3.24. The van der Waals surface area contributed by atoms with Crippen LogP contribution in [0.1, 0.15) is 35.3 Å². The molecule has 2 atom stereocenters. The summed E-state index contributed by atoms with van der Waals surface area (Å²) in [6.07, 6.45) is 5.35. The Morgan fingerprint density at radius 1 is 1.35 bits per heavy atom. The molecular formula is C18H16ClN3O3S. The lowest BCUT2D eigenvalue weighted by molar-refractivity contribution is -0.142. The number of rotatable bonds is 3. The van der Waals surface area contributed by atoms with Crippen molar-refractivity contribution in [1.29, 1.82) is 5.26 Å². The van der Waals surface area contributed by atoms with Gasteiger partial charge in [0, 0.05) is 9.91 Å². The van der Waals surface area contributed by atoms with Gasteiger partial charge in [0.25, 0.3) is 0 Å². The van der Waals surface area contributed by atoms with Gasteiger partial charge in [-0.2, -0.15) is 5.26 Å². The summed E-state index contributed by atoms with van der Waals surface area (Å²) in [6, 6.07) is 2.16. The van der Waals surface area contributed by atoms with Gasteiger partial charge in [0.2, 0.25) is 17.7 Å². The van der Waals surface area contributed by atoms with E-state index >= 15 is 0 Å². The molecule has 0 radical (unpaired) electrons. The zero-order valence-electron chi connectivity index (χ0n) is 13.9. The molecule has 0 unspecified atom stereocenters. The number of aryl methyl sites for hydroxylation is 1. The Balaban J connectivity index is 1.47. The number of fused-ring (bicyclic) bond motifs is 2. The van der Waals surface area contributed by atoms with E-state index in [4.69, 9.17) is 11.6 Å². The summed E-state index contributed by atoms with van der Waals surface area (Å²) >= 11 is 7.41. The number of nitriles is 1. The first kappa shape index (κ1) is 17.3. The molecule has 3 aliphatic rings. The average molecular weight is 390 g/mol. The summed E-state index contributed by atoms with van der Waals surface area (Å²) in [5.41, 5.74) is 1.53. The molecule has 2 heterocycles. The largest absolute Gasteiger partial charge is 0.315 e. The molecule has 8 heteroatoms. The maximum absolute atomic E-state index is 12.5. The summed E-state index contributed by atoms with van der Waals surface area (Å²) in [5, 5.41) is 13.2. The number of carbonyl (C=O) groups excluding carboxylic acids is 3. The topological polar surface area (TPSA) is 90.3 Å². The van der Waals surface area contributed by atoms with Crippen molar-refractivity contribution >= 4 is 45.7 Å². The molecule has 0 saturated carbocycles. The summed E-state index contributed by atoms with van der Waals surface area (Å²) in [4.78, 5) is 39.6. The summed E-state index contributed by atoms with van der Waals surface area (Å²) in [6.45, 7) is -0.324. The zero-order chi connectivity index (χ0) is 18.4. The monoisotopic (exact) mass is 389 g/mol. The van der Waals surface area contributed by atoms with E-state index in [0.717, 1.165) is 34.6 Å². The van der Waals surface area contributed by atoms with Crippen LogP contribution in [0.4, 0.5) is 5.00 Å². The lowest BCUT2D eigenvalue weighted by Crippen LogP contribution is -2.38. The summed E-state index contributed by atoms with van der Waals surface area (Å²) in [5.74, 6) is -1.99. The highest BCUT2D eigenvalue weighted by Crippen LogP contribution is 2.40. The van der Waals surface area contributed by atoms with Gasteiger partial charge >= 0.3 is 0 Å². The number of nitrogens with one attached hydrogen (secondary N) is 1. The predicted octanol–water partition coefficient (Wildman–Crippen LogP) is 2.56. The Labute approximate surface area is 159 Å². The molecule has 26 heavy (non-hydrogen) atoms. The molecule has 0 spiro atoms. The minimum absolute atomic E-state index is 0.315. The third-order valence-electron chi connectivity index (χ3n) is 5.25. The molecule has 3 amide bonds. The van der Waals surface area contributed by atoms with Gasteiger partial charge in [-0.25, -0.2) is 0 Å². The molecule has 4 rings (SSSR count). The van der Waals surface area contributed by atoms with Gasteiger partial charge in [-0.15, -0.1) is 11.3 Å². The van der Waals surface area contributed by atoms with Crippen LogP contribution in [0.2, 0.25) is 0 Å². The first-order valence-corrected chi connectivity index (χ1v) is 9.73. The van der Waals surface area contributed by atoms with Crippen molar-refractivity contribution in [3.8, 4) is 6.07 Å². The molecule has 0 aromatic carbocycles. The number of likely N-dealkylation sites (tertiary alicyclic amines) is 1. The molecule has 1 aliphatic heterocycles. The van der Waals surface area contributed by atoms with Crippen molar-refractivity contribution in [3.05, 3.63) is 27.1 Å². The van der Waals surface area contributed by atoms with E-state index in [1.165, 1.54) is 11.3 Å². The normalized spacial score (nSPS) is 24.2. The maximum atomic E-state index is 12.5. The maximum Gasteiger partial charge on any atom is 0.245 e. The standard InChI is InChI=1S/C18H16ClN3O3S/c19-9-4-5-11-12(6-9)18(25)22(17(11)24)8-15(23)21-16-13(7-20)10-2-1-3-14(10)26-16/h4,11-12H,1-3,5-6,8H2,(H,21,23)/t11-,12+/m0/s1. The van der Waals surface area contributed by atoms with Crippen molar-refractivity contribution in [3.63, 3.8) is 0 Å². The van der Waals surface area contributed by atoms with Crippen LogP contribution in [0.15, 0.2) is 11.1 Å². The second kappa shape index (κ2) is 6.53. The second-order valence-corrected chi connectivity index (χ2v) is 8.38. The van der Waals surface area contributed by atoms with Crippen LogP contribution >= 0.6 is 22.9 Å². The van der Waals surface area contributed by atoms with Gasteiger partial charge in [0.05, 0.1) is 17.4 Å². The van der Waals surface area contributed by atoms with Gasteiger partial charge in [0.1, 0.15) is 17.6 Å². The van der Waals surface area contributed by atoms with E-state index in [1.807, 2.05) is 0 Å². The third-order valence-corrected chi connectivity index (χ3v) is 6.76. The van der Waals surface area contributed by atoms with Gasteiger partial charge in [-0.3, -0.25) is 19.3 Å². The fourth-order valence-corrected chi connectivity index (χ4v) is 5.48. The van der Waals surface area contributed by atoms with Crippen LogP contribution in [0.25, 0.3) is 0 Å². The number of carbonyl (C=O) groups is 3. The molecule has 1 aromatic heterocycles. The van der Waals surface area contributed by atoms with E-state index < -0.39 is 17.7 Å². The Hall–Kier alpha value is -2.17. The Morgan fingerprint density at radius 3 is 2.88 bits per heavy atom. The molecule has 1 fully saturated rings. The van der Waals surface area contributed by atoms with Crippen LogP contribution in [-0.2, 0) is 27.2 Å². The van der Waals surface area contributed by atoms with Crippen LogP contribution in [0, 0.1) is 23.2 Å². The molecule has 2 aliphatic carbocycles. The number of anilines is 1. The number of nitrogens with zero attached hydrogens (tertiary/aromatic N) is 2. The number of allylic oxidation sites excluding steroid dienone is 2. The van der Waals surface area contributed by atoms with Gasteiger partial charge in [-0.05, 0) is 37.7 Å². The number of thiophene rings is 1. The molecule has 1 aromatic rings. The number of imide groups is 1. The third kappa shape index (κ3) is 2.74. The quantitative estimate of drug-likeness (QED) is 0.804. The molecule has 6 nitrogen and oxygen atoms in total. The van der Waals surface area contributed by atoms with E-state index in [2.05, 4.69) is 11.4 Å².